The minimum absolute atomic E-state index is 0.0659. The van der Waals surface area contributed by atoms with E-state index in [0.29, 0.717) is 5.92 Å². The Morgan fingerprint density at radius 2 is 2.20 bits per heavy atom. The Labute approximate surface area is 91.2 Å². The van der Waals surface area contributed by atoms with Gasteiger partial charge in [-0.15, -0.1) is 0 Å². The third-order valence-electron chi connectivity index (χ3n) is 3.74. The molecule has 0 spiro atoms. The Bertz CT molecular complexity index is 247. The van der Waals surface area contributed by atoms with Gasteiger partial charge in [0.15, 0.2) is 0 Å². The molecular formula is C12H20O3. The number of aldehydes is 1. The van der Waals surface area contributed by atoms with Crippen LogP contribution in [-0.4, -0.2) is 18.4 Å². The summed E-state index contributed by atoms with van der Waals surface area (Å²) in [5, 5.41) is 0. The highest BCUT2D eigenvalue weighted by Crippen LogP contribution is 2.42. The van der Waals surface area contributed by atoms with E-state index in [2.05, 4.69) is 20.8 Å². The molecule has 1 aliphatic rings. The molecule has 1 saturated carbocycles. The van der Waals surface area contributed by atoms with Gasteiger partial charge in [-0.3, -0.25) is 4.79 Å². The number of esters is 1. The first-order valence-electron chi connectivity index (χ1n) is 5.64. The molecule has 0 aromatic carbocycles. The van der Waals surface area contributed by atoms with Crippen molar-refractivity contribution in [1.82, 2.24) is 0 Å². The van der Waals surface area contributed by atoms with Gasteiger partial charge in [-0.05, 0) is 37.0 Å². The maximum absolute atomic E-state index is 10.9. The normalized spacial score (nSPS) is 31.3. The van der Waals surface area contributed by atoms with Crippen molar-refractivity contribution < 1.29 is 14.3 Å². The number of carbonyl (C=O) groups excluding carboxylic acids is 2. The van der Waals surface area contributed by atoms with Crippen LogP contribution in [0.15, 0.2) is 0 Å². The summed E-state index contributed by atoms with van der Waals surface area (Å²) in [5.41, 5.74) is 0.242. The van der Waals surface area contributed by atoms with Crippen LogP contribution in [0.1, 0.15) is 46.5 Å². The highest BCUT2D eigenvalue weighted by atomic mass is 16.5. The van der Waals surface area contributed by atoms with Gasteiger partial charge in [0.05, 0.1) is 0 Å². The smallest absolute Gasteiger partial charge is 0.371 e. The zero-order valence-electron chi connectivity index (χ0n) is 9.79. The van der Waals surface area contributed by atoms with E-state index in [9.17, 15) is 9.59 Å². The minimum atomic E-state index is -0.729. The molecule has 1 aliphatic carbocycles. The van der Waals surface area contributed by atoms with Crippen LogP contribution in [0.5, 0.6) is 0 Å². The van der Waals surface area contributed by atoms with Gasteiger partial charge in [0, 0.05) is 0 Å². The van der Waals surface area contributed by atoms with Gasteiger partial charge >= 0.3 is 5.97 Å². The lowest BCUT2D eigenvalue weighted by atomic mass is 9.67. The quantitative estimate of drug-likeness (QED) is 0.409. The summed E-state index contributed by atoms with van der Waals surface area (Å²) in [4.78, 5) is 21.1. The average Bonchev–Trinajstić information content (AvgIpc) is 2.17. The highest BCUT2D eigenvalue weighted by Gasteiger charge is 2.36. The number of hydrogen-bond acceptors (Lipinski definition) is 3. The molecule has 0 aliphatic heterocycles. The summed E-state index contributed by atoms with van der Waals surface area (Å²) in [5.74, 6) is -0.150. The van der Waals surface area contributed by atoms with Crippen LogP contribution in [0.2, 0.25) is 0 Å². The largest absolute Gasteiger partial charge is 0.457 e. The number of carbonyl (C=O) groups is 2. The third-order valence-corrected chi connectivity index (χ3v) is 3.74. The van der Waals surface area contributed by atoms with E-state index in [1.54, 1.807) is 0 Å². The number of hydrogen-bond donors (Lipinski definition) is 0. The minimum Gasteiger partial charge on any atom is -0.457 e. The predicted molar refractivity (Wildman–Crippen MR) is 57.4 cm³/mol. The zero-order chi connectivity index (χ0) is 11.5. The second kappa shape index (κ2) is 4.77. The molecule has 0 aromatic rings. The molecule has 0 N–H and O–H groups in total. The molecule has 0 saturated heterocycles. The topological polar surface area (TPSA) is 43.4 Å². The van der Waals surface area contributed by atoms with Crippen molar-refractivity contribution in [3.05, 3.63) is 0 Å². The first-order valence-corrected chi connectivity index (χ1v) is 5.64. The van der Waals surface area contributed by atoms with Crippen molar-refractivity contribution in [2.75, 3.05) is 0 Å². The van der Waals surface area contributed by atoms with Crippen LogP contribution in [0.4, 0.5) is 0 Å². The summed E-state index contributed by atoms with van der Waals surface area (Å²) < 4.78 is 5.08. The first kappa shape index (κ1) is 12.2. The molecule has 0 radical (unpaired) electrons. The molecule has 2 atom stereocenters. The molecule has 1 fully saturated rings. The molecule has 0 bridgehead atoms. The van der Waals surface area contributed by atoms with Gasteiger partial charge in [0.1, 0.15) is 6.10 Å². The molecule has 0 aromatic heterocycles. The fourth-order valence-electron chi connectivity index (χ4n) is 2.27. The zero-order valence-corrected chi connectivity index (χ0v) is 9.79. The van der Waals surface area contributed by atoms with Crippen LogP contribution in [0.3, 0.4) is 0 Å². The van der Waals surface area contributed by atoms with Gasteiger partial charge in [0.25, 0.3) is 0 Å². The number of ether oxygens (including phenoxy) is 1. The van der Waals surface area contributed by atoms with E-state index in [1.807, 2.05) is 0 Å². The van der Waals surface area contributed by atoms with Gasteiger partial charge in [-0.2, -0.15) is 0 Å². The summed E-state index contributed by atoms with van der Waals surface area (Å²) in [6.45, 7) is 6.63. The van der Waals surface area contributed by atoms with E-state index < -0.39 is 5.97 Å². The Kier molecular flexibility index (Phi) is 3.89. The Balaban J connectivity index is 2.56. The first-order chi connectivity index (χ1) is 6.98. The van der Waals surface area contributed by atoms with Crippen LogP contribution in [0, 0.1) is 11.3 Å². The molecule has 86 valence electrons. The van der Waals surface area contributed by atoms with E-state index in [4.69, 9.17) is 4.74 Å². The molecule has 15 heavy (non-hydrogen) atoms. The second-order valence-electron chi connectivity index (χ2n) is 5.08. The lowest BCUT2D eigenvalue weighted by Crippen LogP contribution is -2.35. The van der Waals surface area contributed by atoms with E-state index in [0.717, 1.165) is 19.3 Å². The van der Waals surface area contributed by atoms with E-state index >= 15 is 0 Å². The van der Waals surface area contributed by atoms with Crippen LogP contribution in [-0.2, 0) is 14.3 Å². The van der Waals surface area contributed by atoms with Crippen molar-refractivity contribution in [2.24, 2.45) is 11.3 Å². The maximum Gasteiger partial charge on any atom is 0.371 e. The highest BCUT2D eigenvalue weighted by molar-refractivity contribution is 6.20. The summed E-state index contributed by atoms with van der Waals surface area (Å²) >= 11 is 0. The maximum atomic E-state index is 10.9. The fraction of sp³-hybridized carbons (Fsp3) is 0.833. The van der Waals surface area contributed by atoms with Crippen molar-refractivity contribution in [1.29, 1.82) is 0 Å². The molecule has 0 amide bonds. The SMILES string of the molecule is CC(C)C1(C)CCCC(OC(=O)C=O)C1. The second-order valence-corrected chi connectivity index (χ2v) is 5.08. The lowest BCUT2D eigenvalue weighted by molar-refractivity contribution is -0.156. The van der Waals surface area contributed by atoms with Gasteiger partial charge in [-0.1, -0.05) is 20.8 Å². The van der Waals surface area contributed by atoms with Crippen molar-refractivity contribution in [3.8, 4) is 0 Å². The molecule has 3 heteroatoms. The van der Waals surface area contributed by atoms with E-state index in [1.165, 1.54) is 6.42 Å². The molecular weight excluding hydrogens is 192 g/mol. The van der Waals surface area contributed by atoms with Crippen molar-refractivity contribution in [2.45, 2.75) is 52.6 Å². The van der Waals surface area contributed by atoms with Crippen molar-refractivity contribution >= 4 is 12.3 Å². The lowest BCUT2D eigenvalue weighted by Gasteiger charge is -2.40. The predicted octanol–water partition coefficient (Wildman–Crippen LogP) is 2.33. The fourth-order valence-corrected chi connectivity index (χ4v) is 2.27. The monoisotopic (exact) mass is 212 g/mol. The Morgan fingerprint density at radius 1 is 1.53 bits per heavy atom. The van der Waals surface area contributed by atoms with Crippen molar-refractivity contribution in [3.63, 3.8) is 0 Å². The third kappa shape index (κ3) is 3.05. The Morgan fingerprint density at radius 3 is 2.73 bits per heavy atom. The summed E-state index contributed by atoms with van der Waals surface area (Å²) in [6, 6.07) is 0. The standard InChI is InChI=1S/C12H20O3/c1-9(2)12(3)6-4-5-10(7-12)15-11(14)8-13/h8-10H,4-7H2,1-3H3. The Hall–Kier alpha value is -0.860. The van der Waals surface area contributed by atoms with Gasteiger partial charge in [0.2, 0.25) is 6.29 Å². The van der Waals surface area contributed by atoms with E-state index in [-0.39, 0.29) is 17.8 Å². The molecule has 1 rings (SSSR count). The summed E-state index contributed by atoms with van der Waals surface area (Å²) in [7, 11) is 0. The average molecular weight is 212 g/mol. The van der Waals surface area contributed by atoms with Gasteiger partial charge < -0.3 is 4.74 Å². The molecule has 2 unspecified atom stereocenters. The molecule has 3 nitrogen and oxygen atoms in total. The summed E-state index contributed by atoms with van der Waals surface area (Å²) in [6.07, 6.45) is 4.21. The van der Waals surface area contributed by atoms with Gasteiger partial charge in [-0.25, -0.2) is 4.79 Å². The van der Waals surface area contributed by atoms with Crippen LogP contribution in [0.25, 0.3) is 0 Å². The molecule has 0 heterocycles. The number of rotatable bonds is 3. The van der Waals surface area contributed by atoms with Crippen LogP contribution < -0.4 is 0 Å². The van der Waals surface area contributed by atoms with Crippen LogP contribution >= 0.6 is 0 Å².